The van der Waals surface area contributed by atoms with Crippen molar-refractivity contribution in [3.63, 3.8) is 0 Å². The van der Waals surface area contributed by atoms with Crippen LogP contribution in [0.5, 0.6) is 0 Å². The Labute approximate surface area is 94.2 Å². The molecule has 2 rings (SSSR count). The maximum Gasteiger partial charge on any atom is 0.123 e. The molecule has 2 aromatic rings. The van der Waals surface area contributed by atoms with Gasteiger partial charge in [0.05, 0.1) is 11.4 Å². The van der Waals surface area contributed by atoms with Crippen LogP contribution in [0.25, 0.3) is 11.3 Å². The normalized spacial score (nSPS) is 10.8. The molecule has 0 saturated heterocycles. The second-order valence-corrected chi connectivity index (χ2v) is 4.01. The molecule has 3 heteroatoms. The minimum absolute atomic E-state index is 0.257. The molecule has 0 unspecified atom stereocenters. The van der Waals surface area contributed by atoms with Crippen molar-refractivity contribution in [1.29, 1.82) is 0 Å². The fourth-order valence-corrected chi connectivity index (χ4v) is 1.45. The zero-order valence-electron chi connectivity index (χ0n) is 9.31. The summed E-state index contributed by atoms with van der Waals surface area (Å²) in [5, 5.41) is 8.21. The van der Waals surface area contributed by atoms with Gasteiger partial charge in [0.25, 0.3) is 0 Å². The van der Waals surface area contributed by atoms with Crippen LogP contribution in [0.1, 0.15) is 25.5 Å². The summed E-state index contributed by atoms with van der Waals surface area (Å²) < 4.78 is 13.0. The van der Waals surface area contributed by atoms with Crippen molar-refractivity contribution in [3.05, 3.63) is 47.9 Å². The van der Waals surface area contributed by atoms with E-state index in [4.69, 9.17) is 0 Å². The standard InChI is InChI=1S/C13H13FN2/c1-9(2)12-6-7-13(16-15-12)10-4-3-5-11(14)8-10/h3-9H,1-2H3. The maximum absolute atomic E-state index is 13.0. The van der Waals surface area contributed by atoms with Crippen molar-refractivity contribution in [3.8, 4) is 11.3 Å². The molecule has 2 nitrogen and oxygen atoms in total. The Hall–Kier alpha value is -1.77. The summed E-state index contributed by atoms with van der Waals surface area (Å²) in [6.45, 7) is 4.12. The van der Waals surface area contributed by atoms with E-state index in [2.05, 4.69) is 24.0 Å². The molecule has 16 heavy (non-hydrogen) atoms. The highest BCUT2D eigenvalue weighted by Gasteiger charge is 2.04. The van der Waals surface area contributed by atoms with E-state index < -0.39 is 0 Å². The predicted octanol–water partition coefficient (Wildman–Crippen LogP) is 3.41. The molecule has 0 aliphatic rings. The monoisotopic (exact) mass is 216 g/mol. The largest absolute Gasteiger partial charge is 0.207 e. The van der Waals surface area contributed by atoms with E-state index >= 15 is 0 Å². The highest BCUT2D eigenvalue weighted by atomic mass is 19.1. The van der Waals surface area contributed by atoms with Gasteiger partial charge in [-0.2, -0.15) is 10.2 Å². The summed E-state index contributed by atoms with van der Waals surface area (Å²) in [4.78, 5) is 0. The van der Waals surface area contributed by atoms with E-state index in [1.807, 2.05) is 18.2 Å². The summed E-state index contributed by atoms with van der Waals surface area (Å²) in [5.41, 5.74) is 2.40. The molecule has 0 bridgehead atoms. The zero-order chi connectivity index (χ0) is 11.5. The smallest absolute Gasteiger partial charge is 0.123 e. The molecular formula is C13H13FN2. The third-order valence-corrected chi connectivity index (χ3v) is 2.40. The average Bonchev–Trinajstić information content (AvgIpc) is 2.29. The summed E-state index contributed by atoms with van der Waals surface area (Å²) in [6, 6.07) is 10.2. The van der Waals surface area contributed by atoms with Crippen LogP contribution in [0.15, 0.2) is 36.4 Å². The molecule has 0 spiro atoms. The molecule has 0 N–H and O–H groups in total. The van der Waals surface area contributed by atoms with Crippen molar-refractivity contribution in [1.82, 2.24) is 10.2 Å². The molecule has 1 aromatic carbocycles. The van der Waals surface area contributed by atoms with Gasteiger partial charge in [0.2, 0.25) is 0 Å². The summed E-state index contributed by atoms with van der Waals surface area (Å²) in [6.07, 6.45) is 0. The molecular weight excluding hydrogens is 203 g/mol. The van der Waals surface area contributed by atoms with Crippen molar-refractivity contribution in [2.45, 2.75) is 19.8 Å². The van der Waals surface area contributed by atoms with Crippen molar-refractivity contribution >= 4 is 0 Å². The van der Waals surface area contributed by atoms with E-state index in [1.165, 1.54) is 12.1 Å². The molecule has 1 heterocycles. The second-order valence-electron chi connectivity index (χ2n) is 4.01. The molecule has 1 aromatic heterocycles. The van der Waals surface area contributed by atoms with Gasteiger partial charge in [-0.1, -0.05) is 26.0 Å². The van der Waals surface area contributed by atoms with Crippen LogP contribution in [0, 0.1) is 5.82 Å². The molecule has 0 saturated carbocycles. The van der Waals surface area contributed by atoms with Crippen LogP contribution < -0.4 is 0 Å². The van der Waals surface area contributed by atoms with Gasteiger partial charge in [-0.15, -0.1) is 0 Å². The Morgan fingerprint density at radius 1 is 1.06 bits per heavy atom. The van der Waals surface area contributed by atoms with E-state index in [0.717, 1.165) is 11.3 Å². The first-order chi connectivity index (χ1) is 7.66. The highest BCUT2D eigenvalue weighted by Crippen LogP contribution is 2.18. The van der Waals surface area contributed by atoms with Gasteiger partial charge in [0, 0.05) is 5.56 Å². The van der Waals surface area contributed by atoms with Gasteiger partial charge < -0.3 is 0 Å². The zero-order valence-corrected chi connectivity index (χ0v) is 9.31. The average molecular weight is 216 g/mol. The van der Waals surface area contributed by atoms with Crippen LogP contribution in [0.4, 0.5) is 4.39 Å². The van der Waals surface area contributed by atoms with Crippen molar-refractivity contribution in [2.24, 2.45) is 0 Å². The lowest BCUT2D eigenvalue weighted by Crippen LogP contribution is -1.96. The van der Waals surface area contributed by atoms with Gasteiger partial charge in [-0.05, 0) is 30.2 Å². The van der Waals surface area contributed by atoms with Gasteiger partial charge in [0.1, 0.15) is 5.82 Å². The van der Waals surface area contributed by atoms with Gasteiger partial charge >= 0.3 is 0 Å². The maximum atomic E-state index is 13.0. The van der Waals surface area contributed by atoms with Crippen LogP contribution in [-0.4, -0.2) is 10.2 Å². The SMILES string of the molecule is CC(C)c1ccc(-c2cccc(F)c2)nn1. The van der Waals surface area contributed by atoms with Crippen LogP contribution in [0.2, 0.25) is 0 Å². The van der Waals surface area contributed by atoms with E-state index in [-0.39, 0.29) is 5.82 Å². The number of aromatic nitrogens is 2. The van der Waals surface area contributed by atoms with Crippen LogP contribution >= 0.6 is 0 Å². The summed E-state index contributed by atoms with van der Waals surface area (Å²) in [7, 11) is 0. The quantitative estimate of drug-likeness (QED) is 0.768. The predicted molar refractivity (Wildman–Crippen MR) is 61.5 cm³/mol. The van der Waals surface area contributed by atoms with Crippen LogP contribution in [-0.2, 0) is 0 Å². The van der Waals surface area contributed by atoms with Crippen molar-refractivity contribution < 1.29 is 4.39 Å². The van der Waals surface area contributed by atoms with Crippen molar-refractivity contribution in [2.75, 3.05) is 0 Å². The Balaban J connectivity index is 2.35. The number of halogens is 1. The molecule has 82 valence electrons. The molecule has 0 aliphatic carbocycles. The summed E-state index contributed by atoms with van der Waals surface area (Å²) in [5.74, 6) is 0.0984. The Morgan fingerprint density at radius 3 is 2.44 bits per heavy atom. The fourth-order valence-electron chi connectivity index (χ4n) is 1.45. The Morgan fingerprint density at radius 2 is 1.88 bits per heavy atom. The number of nitrogens with zero attached hydrogens (tertiary/aromatic N) is 2. The lowest BCUT2D eigenvalue weighted by Gasteiger charge is -2.04. The van der Waals surface area contributed by atoms with Gasteiger partial charge in [0.15, 0.2) is 0 Å². The minimum atomic E-state index is -0.257. The Kier molecular flexibility index (Phi) is 2.95. The first kappa shape index (κ1) is 10.7. The number of benzene rings is 1. The first-order valence-electron chi connectivity index (χ1n) is 5.26. The molecule has 0 fully saturated rings. The Bertz CT molecular complexity index is 478. The molecule has 0 atom stereocenters. The molecule has 0 radical (unpaired) electrons. The van der Waals surface area contributed by atoms with Gasteiger partial charge in [-0.25, -0.2) is 4.39 Å². The third kappa shape index (κ3) is 2.24. The second kappa shape index (κ2) is 4.39. The third-order valence-electron chi connectivity index (χ3n) is 2.40. The minimum Gasteiger partial charge on any atom is -0.207 e. The van der Waals surface area contributed by atoms with Crippen LogP contribution in [0.3, 0.4) is 0 Å². The molecule has 0 aliphatic heterocycles. The molecule has 0 amide bonds. The van der Waals surface area contributed by atoms with Gasteiger partial charge in [-0.3, -0.25) is 0 Å². The number of hydrogen-bond acceptors (Lipinski definition) is 2. The van der Waals surface area contributed by atoms with E-state index in [0.29, 0.717) is 11.6 Å². The lowest BCUT2D eigenvalue weighted by atomic mass is 10.1. The van der Waals surface area contributed by atoms with E-state index in [9.17, 15) is 4.39 Å². The topological polar surface area (TPSA) is 25.8 Å². The lowest BCUT2D eigenvalue weighted by molar-refractivity contribution is 0.628. The fraction of sp³-hybridized carbons (Fsp3) is 0.231. The first-order valence-corrected chi connectivity index (χ1v) is 5.26. The highest BCUT2D eigenvalue weighted by molar-refractivity contribution is 5.58. The van der Waals surface area contributed by atoms with E-state index in [1.54, 1.807) is 6.07 Å². The summed E-state index contributed by atoms with van der Waals surface area (Å²) >= 11 is 0. The number of hydrogen-bond donors (Lipinski definition) is 0. The number of rotatable bonds is 2.